The summed E-state index contributed by atoms with van der Waals surface area (Å²) < 4.78 is 17.5. The van der Waals surface area contributed by atoms with Gasteiger partial charge in [-0.3, -0.25) is 0 Å². The minimum atomic E-state index is -0.253. The number of imidazole rings is 1. The summed E-state index contributed by atoms with van der Waals surface area (Å²) >= 11 is 1.41. The third-order valence-electron chi connectivity index (χ3n) is 3.52. The molecule has 0 spiro atoms. The number of fused-ring (bicyclic) bond motifs is 1. The molecule has 1 aromatic carbocycles. The molecule has 0 unspecified atom stereocenters. The van der Waals surface area contributed by atoms with Gasteiger partial charge in [-0.2, -0.15) is 4.37 Å². The van der Waals surface area contributed by atoms with Crippen LogP contribution in [0.25, 0.3) is 11.0 Å². The maximum Gasteiger partial charge on any atom is 0.202 e. The lowest BCUT2D eigenvalue weighted by molar-refractivity contribution is 0.629. The van der Waals surface area contributed by atoms with E-state index < -0.39 is 0 Å². The first kappa shape index (κ1) is 12.7. The minimum Gasteiger partial charge on any atom is -0.360 e. The summed E-state index contributed by atoms with van der Waals surface area (Å²) in [6.07, 6.45) is 3.16. The van der Waals surface area contributed by atoms with E-state index >= 15 is 0 Å². The van der Waals surface area contributed by atoms with Gasteiger partial charge in [0.25, 0.3) is 0 Å². The molecule has 0 saturated heterocycles. The zero-order valence-corrected chi connectivity index (χ0v) is 12.1. The molecule has 7 heteroatoms. The van der Waals surface area contributed by atoms with Gasteiger partial charge in [-0.1, -0.05) is 0 Å². The fourth-order valence-electron chi connectivity index (χ4n) is 2.25. The van der Waals surface area contributed by atoms with Gasteiger partial charge in [-0.25, -0.2) is 14.4 Å². The van der Waals surface area contributed by atoms with Crippen LogP contribution in [-0.4, -0.2) is 25.9 Å². The van der Waals surface area contributed by atoms with E-state index in [0.29, 0.717) is 5.92 Å². The van der Waals surface area contributed by atoms with Crippen LogP contribution in [0.5, 0.6) is 0 Å². The van der Waals surface area contributed by atoms with E-state index in [1.807, 2.05) is 0 Å². The lowest BCUT2D eigenvalue weighted by Gasteiger charge is -1.98. The van der Waals surface area contributed by atoms with Crippen molar-refractivity contribution in [3.05, 3.63) is 35.7 Å². The number of rotatable bonds is 5. The van der Waals surface area contributed by atoms with Crippen LogP contribution in [0.1, 0.15) is 30.4 Å². The van der Waals surface area contributed by atoms with Gasteiger partial charge < -0.3 is 10.3 Å². The first-order valence-corrected chi connectivity index (χ1v) is 7.77. The number of nitrogens with zero attached hydrogens (tertiary/aromatic N) is 3. The number of hydrogen-bond acceptors (Lipinski definition) is 5. The van der Waals surface area contributed by atoms with E-state index in [9.17, 15) is 4.39 Å². The molecule has 5 nitrogen and oxygen atoms in total. The fraction of sp³-hybridized carbons (Fsp3) is 0.357. The van der Waals surface area contributed by atoms with Gasteiger partial charge in [0.05, 0.1) is 11.0 Å². The van der Waals surface area contributed by atoms with Crippen molar-refractivity contribution in [1.82, 2.24) is 19.3 Å². The highest BCUT2D eigenvalue weighted by atomic mass is 32.1. The first-order chi connectivity index (χ1) is 10.3. The number of anilines is 1. The first-order valence-electron chi connectivity index (χ1n) is 6.99. The summed E-state index contributed by atoms with van der Waals surface area (Å²) in [5.74, 6) is 2.15. The Morgan fingerprint density at radius 3 is 3.10 bits per heavy atom. The molecule has 0 aliphatic heterocycles. The zero-order chi connectivity index (χ0) is 14.2. The lowest BCUT2D eigenvalue weighted by atomic mass is 10.3. The SMILES string of the molecule is Fc1ccc2nc(CCNc3nc(C4CC4)ns3)[nH]c2c1. The summed E-state index contributed by atoms with van der Waals surface area (Å²) in [5.41, 5.74) is 1.52. The Labute approximate surface area is 124 Å². The van der Waals surface area contributed by atoms with Gasteiger partial charge >= 0.3 is 0 Å². The highest BCUT2D eigenvalue weighted by Crippen LogP contribution is 2.39. The van der Waals surface area contributed by atoms with E-state index in [0.717, 1.165) is 40.8 Å². The van der Waals surface area contributed by atoms with Crippen LogP contribution in [0.3, 0.4) is 0 Å². The Hall–Kier alpha value is -2.02. The molecular formula is C14H14FN5S. The summed E-state index contributed by atoms with van der Waals surface area (Å²) in [4.78, 5) is 12.0. The predicted octanol–water partition coefficient (Wildman–Crippen LogP) is 3.09. The van der Waals surface area contributed by atoms with Gasteiger partial charge in [0.1, 0.15) is 17.5 Å². The smallest absolute Gasteiger partial charge is 0.202 e. The summed E-state index contributed by atoms with van der Waals surface area (Å²) in [6.45, 7) is 0.724. The van der Waals surface area contributed by atoms with E-state index in [-0.39, 0.29) is 5.82 Å². The molecule has 21 heavy (non-hydrogen) atoms. The third-order valence-corrected chi connectivity index (χ3v) is 4.20. The third kappa shape index (κ3) is 2.73. The summed E-state index contributed by atoms with van der Waals surface area (Å²) in [7, 11) is 0. The van der Waals surface area contributed by atoms with Crippen molar-refractivity contribution >= 4 is 27.7 Å². The van der Waals surface area contributed by atoms with Gasteiger partial charge in [-0.15, -0.1) is 0 Å². The molecule has 1 fully saturated rings. The molecular weight excluding hydrogens is 289 g/mol. The van der Waals surface area contributed by atoms with Crippen LogP contribution in [0.2, 0.25) is 0 Å². The Morgan fingerprint density at radius 2 is 2.24 bits per heavy atom. The van der Waals surface area contributed by atoms with Crippen molar-refractivity contribution in [2.24, 2.45) is 0 Å². The van der Waals surface area contributed by atoms with Crippen molar-refractivity contribution in [2.45, 2.75) is 25.2 Å². The standard InChI is InChI=1S/C14H14FN5S/c15-9-3-4-10-11(7-9)18-12(17-10)5-6-16-14-19-13(20-21-14)8-1-2-8/h3-4,7-8H,1-2,5-6H2,(H,17,18)(H,16,19,20). The monoisotopic (exact) mass is 303 g/mol. The average Bonchev–Trinajstić information content (AvgIpc) is 3.08. The fourth-order valence-corrected chi connectivity index (χ4v) is 2.93. The van der Waals surface area contributed by atoms with E-state index in [2.05, 4.69) is 24.6 Å². The second-order valence-electron chi connectivity index (χ2n) is 5.25. The molecule has 0 atom stereocenters. The van der Waals surface area contributed by atoms with Crippen LogP contribution in [-0.2, 0) is 6.42 Å². The summed E-state index contributed by atoms with van der Waals surface area (Å²) in [6, 6.07) is 4.57. The minimum absolute atomic E-state index is 0.253. The number of H-pyrrole nitrogens is 1. The molecule has 0 radical (unpaired) electrons. The molecule has 1 saturated carbocycles. The molecule has 4 rings (SSSR count). The second-order valence-corrected chi connectivity index (χ2v) is 6.01. The number of aromatic nitrogens is 4. The highest BCUT2D eigenvalue weighted by molar-refractivity contribution is 7.09. The molecule has 2 N–H and O–H groups in total. The quantitative estimate of drug-likeness (QED) is 0.760. The molecule has 108 valence electrons. The normalized spacial score (nSPS) is 14.7. The average molecular weight is 303 g/mol. The van der Waals surface area contributed by atoms with Crippen molar-refractivity contribution in [3.63, 3.8) is 0 Å². The molecule has 2 heterocycles. The van der Waals surface area contributed by atoms with E-state index in [1.165, 1.54) is 36.5 Å². The molecule has 1 aliphatic rings. The summed E-state index contributed by atoms with van der Waals surface area (Å²) in [5, 5.41) is 4.12. The maximum atomic E-state index is 13.1. The Morgan fingerprint density at radius 1 is 1.33 bits per heavy atom. The number of benzene rings is 1. The Bertz CT molecular complexity index is 777. The molecule has 0 amide bonds. The van der Waals surface area contributed by atoms with Crippen LogP contribution >= 0.6 is 11.5 Å². The van der Waals surface area contributed by atoms with E-state index in [4.69, 9.17) is 0 Å². The van der Waals surface area contributed by atoms with Gasteiger partial charge in [-0.05, 0) is 31.0 Å². The van der Waals surface area contributed by atoms with Crippen molar-refractivity contribution in [1.29, 1.82) is 0 Å². The second kappa shape index (κ2) is 5.07. The van der Waals surface area contributed by atoms with Crippen molar-refractivity contribution < 1.29 is 4.39 Å². The highest BCUT2D eigenvalue weighted by Gasteiger charge is 2.27. The molecule has 2 aromatic heterocycles. The van der Waals surface area contributed by atoms with Gasteiger partial charge in [0.15, 0.2) is 0 Å². The van der Waals surface area contributed by atoms with Crippen LogP contribution in [0.15, 0.2) is 18.2 Å². The molecule has 3 aromatic rings. The van der Waals surface area contributed by atoms with Crippen LogP contribution in [0.4, 0.5) is 9.52 Å². The van der Waals surface area contributed by atoms with Gasteiger partial charge in [0.2, 0.25) is 5.13 Å². The number of hydrogen-bond donors (Lipinski definition) is 2. The molecule has 0 bridgehead atoms. The number of halogens is 1. The topological polar surface area (TPSA) is 66.5 Å². The van der Waals surface area contributed by atoms with E-state index in [1.54, 1.807) is 6.07 Å². The predicted molar refractivity (Wildman–Crippen MR) is 80.1 cm³/mol. The van der Waals surface area contributed by atoms with Crippen LogP contribution in [0, 0.1) is 5.82 Å². The Balaban J connectivity index is 1.38. The number of aromatic amines is 1. The maximum absolute atomic E-state index is 13.1. The van der Waals surface area contributed by atoms with Crippen molar-refractivity contribution in [3.8, 4) is 0 Å². The van der Waals surface area contributed by atoms with Crippen LogP contribution < -0.4 is 5.32 Å². The number of nitrogens with one attached hydrogen (secondary N) is 2. The van der Waals surface area contributed by atoms with Gasteiger partial charge in [0, 0.05) is 30.4 Å². The lowest BCUT2D eigenvalue weighted by Crippen LogP contribution is -2.05. The molecule has 1 aliphatic carbocycles. The largest absolute Gasteiger partial charge is 0.360 e. The zero-order valence-electron chi connectivity index (χ0n) is 11.3. The Kier molecular flexibility index (Phi) is 3.07. The van der Waals surface area contributed by atoms with Crippen molar-refractivity contribution in [2.75, 3.05) is 11.9 Å².